The predicted octanol–water partition coefficient (Wildman–Crippen LogP) is 1.64. The summed E-state index contributed by atoms with van der Waals surface area (Å²) in [7, 11) is 0. The first-order valence-corrected chi connectivity index (χ1v) is 6.22. The normalized spacial score (nSPS) is 19.8. The van der Waals surface area contributed by atoms with Gasteiger partial charge in [0, 0.05) is 25.5 Å². The first-order valence-electron chi connectivity index (χ1n) is 6.22. The average molecular weight is 285 g/mol. The fourth-order valence-electron chi connectivity index (χ4n) is 2.27. The van der Waals surface area contributed by atoms with Gasteiger partial charge in [0.05, 0.1) is 6.54 Å². The summed E-state index contributed by atoms with van der Waals surface area (Å²) in [6.45, 7) is 0.464. The van der Waals surface area contributed by atoms with Gasteiger partial charge < -0.3 is 5.32 Å². The van der Waals surface area contributed by atoms with Gasteiger partial charge in [-0.1, -0.05) is 0 Å². The van der Waals surface area contributed by atoms with Crippen molar-refractivity contribution in [1.82, 2.24) is 14.9 Å². The van der Waals surface area contributed by atoms with Gasteiger partial charge in [-0.15, -0.1) is 0 Å². The lowest BCUT2D eigenvalue weighted by Crippen LogP contribution is -2.33. The van der Waals surface area contributed by atoms with Crippen LogP contribution in [-0.2, 0) is 0 Å². The Labute approximate surface area is 114 Å². The van der Waals surface area contributed by atoms with Crippen LogP contribution < -0.4 is 5.32 Å². The molecule has 0 aromatic carbocycles. The largest absolute Gasteiger partial charge is 0.401 e. The molecule has 0 saturated carbocycles. The van der Waals surface area contributed by atoms with Crippen LogP contribution in [-0.4, -0.2) is 47.2 Å². The number of hydrogen-bond acceptors (Lipinski definition) is 5. The highest BCUT2D eigenvalue weighted by Crippen LogP contribution is 2.23. The molecule has 108 valence electrons. The molecule has 20 heavy (non-hydrogen) atoms. The molecule has 0 bridgehead atoms. The minimum Gasteiger partial charge on any atom is -0.367 e. The van der Waals surface area contributed by atoms with Crippen LogP contribution in [0.15, 0.2) is 12.4 Å². The van der Waals surface area contributed by atoms with Crippen LogP contribution in [0.4, 0.5) is 19.0 Å². The molecule has 8 heteroatoms. The first kappa shape index (κ1) is 14.5. The molecule has 1 aliphatic heterocycles. The highest BCUT2D eigenvalue weighted by Gasteiger charge is 2.34. The van der Waals surface area contributed by atoms with E-state index in [1.165, 1.54) is 17.3 Å². The second kappa shape index (κ2) is 6.05. The van der Waals surface area contributed by atoms with Crippen LogP contribution in [0.1, 0.15) is 12.1 Å². The van der Waals surface area contributed by atoms with Crippen molar-refractivity contribution in [3.8, 4) is 6.07 Å². The van der Waals surface area contributed by atoms with Gasteiger partial charge in [-0.05, 0) is 18.9 Å². The van der Waals surface area contributed by atoms with Crippen LogP contribution in [0.25, 0.3) is 0 Å². The van der Waals surface area contributed by atoms with Crippen molar-refractivity contribution in [2.45, 2.75) is 12.6 Å². The summed E-state index contributed by atoms with van der Waals surface area (Å²) in [5, 5.41) is 11.8. The summed E-state index contributed by atoms with van der Waals surface area (Å²) in [4.78, 5) is 9.26. The highest BCUT2D eigenvalue weighted by atomic mass is 19.4. The molecule has 1 fully saturated rings. The molecule has 0 amide bonds. The van der Waals surface area contributed by atoms with Gasteiger partial charge in [-0.3, -0.25) is 4.90 Å². The number of nitrogens with one attached hydrogen (secondary N) is 1. The van der Waals surface area contributed by atoms with E-state index in [9.17, 15) is 13.2 Å². The van der Waals surface area contributed by atoms with Crippen molar-refractivity contribution in [2.24, 2.45) is 5.92 Å². The quantitative estimate of drug-likeness (QED) is 0.911. The molecular formula is C12H14F3N5. The minimum absolute atomic E-state index is 0.117. The molecule has 2 heterocycles. The monoisotopic (exact) mass is 285 g/mol. The SMILES string of the molecule is N#Cc1nccnc1NCC1CCN(CC(F)(F)F)C1. The number of nitriles is 1. The molecule has 1 aromatic heterocycles. The molecular weight excluding hydrogens is 271 g/mol. The number of anilines is 1. The fraction of sp³-hybridized carbons (Fsp3) is 0.583. The Morgan fingerprint density at radius 2 is 2.15 bits per heavy atom. The van der Waals surface area contributed by atoms with Gasteiger partial charge in [-0.25, -0.2) is 9.97 Å². The summed E-state index contributed by atoms with van der Waals surface area (Å²) in [5.41, 5.74) is 0.192. The van der Waals surface area contributed by atoms with Crippen LogP contribution in [0.3, 0.4) is 0 Å². The number of hydrogen-bond donors (Lipinski definition) is 1. The number of nitrogens with zero attached hydrogens (tertiary/aromatic N) is 4. The third-order valence-electron chi connectivity index (χ3n) is 3.14. The van der Waals surface area contributed by atoms with Crippen molar-refractivity contribution >= 4 is 5.82 Å². The molecule has 1 aromatic rings. The molecule has 1 unspecified atom stereocenters. The van der Waals surface area contributed by atoms with E-state index in [4.69, 9.17) is 5.26 Å². The van der Waals surface area contributed by atoms with Gasteiger partial charge >= 0.3 is 6.18 Å². The summed E-state index contributed by atoms with van der Waals surface area (Å²) in [5.74, 6) is 0.496. The molecule has 5 nitrogen and oxygen atoms in total. The summed E-state index contributed by atoms with van der Waals surface area (Å²) in [6.07, 6.45) is -0.565. The first-order chi connectivity index (χ1) is 9.48. The Balaban J connectivity index is 1.83. The standard InChI is InChI=1S/C12H14F3N5/c13-12(14,15)8-20-4-1-9(7-20)6-19-11-10(5-16)17-2-3-18-11/h2-3,9H,1,4,6-8H2,(H,18,19). The Hall–Kier alpha value is -1.88. The second-order valence-electron chi connectivity index (χ2n) is 4.75. The molecule has 0 spiro atoms. The smallest absolute Gasteiger partial charge is 0.367 e. The van der Waals surface area contributed by atoms with Crippen LogP contribution in [0.2, 0.25) is 0 Å². The van der Waals surface area contributed by atoms with E-state index >= 15 is 0 Å². The number of halogens is 3. The van der Waals surface area contributed by atoms with Crippen LogP contribution in [0, 0.1) is 17.2 Å². The Kier molecular flexibility index (Phi) is 4.39. The van der Waals surface area contributed by atoms with Crippen molar-refractivity contribution in [2.75, 3.05) is 31.5 Å². The van der Waals surface area contributed by atoms with E-state index in [0.717, 1.165) is 0 Å². The van der Waals surface area contributed by atoms with Gasteiger partial charge in [-0.2, -0.15) is 18.4 Å². The van der Waals surface area contributed by atoms with Crippen molar-refractivity contribution < 1.29 is 13.2 Å². The Morgan fingerprint density at radius 1 is 1.40 bits per heavy atom. The summed E-state index contributed by atoms with van der Waals surface area (Å²) < 4.78 is 36.8. The highest BCUT2D eigenvalue weighted by molar-refractivity contribution is 5.46. The molecule has 1 atom stereocenters. The maximum atomic E-state index is 12.3. The number of rotatable bonds is 4. The molecule has 1 N–H and O–H groups in total. The lowest BCUT2D eigenvalue weighted by molar-refractivity contribution is -0.143. The van der Waals surface area contributed by atoms with Gasteiger partial charge in [0.2, 0.25) is 0 Å². The summed E-state index contributed by atoms with van der Waals surface area (Å²) in [6, 6.07) is 1.92. The maximum Gasteiger partial charge on any atom is 0.401 e. The van der Waals surface area contributed by atoms with Crippen molar-refractivity contribution in [1.29, 1.82) is 5.26 Å². The van der Waals surface area contributed by atoms with Crippen molar-refractivity contribution in [3.05, 3.63) is 18.1 Å². The number of likely N-dealkylation sites (tertiary alicyclic amines) is 1. The zero-order chi connectivity index (χ0) is 14.6. The van der Waals surface area contributed by atoms with E-state index in [-0.39, 0.29) is 11.6 Å². The minimum atomic E-state index is -4.15. The van der Waals surface area contributed by atoms with Crippen molar-refractivity contribution in [3.63, 3.8) is 0 Å². The Bertz CT molecular complexity index is 497. The van der Waals surface area contributed by atoms with Gasteiger partial charge in [0.1, 0.15) is 6.07 Å². The third kappa shape index (κ3) is 4.06. The summed E-state index contributed by atoms with van der Waals surface area (Å²) >= 11 is 0. The molecule has 1 saturated heterocycles. The average Bonchev–Trinajstić information content (AvgIpc) is 2.82. The van der Waals surface area contributed by atoms with Crippen LogP contribution in [0.5, 0.6) is 0 Å². The number of alkyl halides is 3. The lowest BCUT2D eigenvalue weighted by Gasteiger charge is -2.18. The van der Waals surface area contributed by atoms with E-state index in [1.54, 1.807) is 0 Å². The molecule has 1 aliphatic rings. The lowest BCUT2D eigenvalue weighted by atomic mass is 10.1. The zero-order valence-corrected chi connectivity index (χ0v) is 10.7. The molecule has 0 radical (unpaired) electrons. The fourth-order valence-corrected chi connectivity index (χ4v) is 2.27. The Morgan fingerprint density at radius 3 is 2.85 bits per heavy atom. The van der Waals surface area contributed by atoms with Crippen LogP contribution >= 0.6 is 0 Å². The second-order valence-corrected chi connectivity index (χ2v) is 4.75. The number of aromatic nitrogens is 2. The van der Waals surface area contributed by atoms with E-state index in [2.05, 4.69) is 15.3 Å². The van der Waals surface area contributed by atoms with E-state index in [1.807, 2.05) is 6.07 Å². The zero-order valence-electron chi connectivity index (χ0n) is 10.7. The van der Waals surface area contributed by atoms with E-state index < -0.39 is 12.7 Å². The predicted molar refractivity (Wildman–Crippen MR) is 65.8 cm³/mol. The van der Waals surface area contributed by atoms with Gasteiger partial charge in [0.15, 0.2) is 11.5 Å². The van der Waals surface area contributed by atoms with E-state index in [0.29, 0.717) is 31.9 Å². The molecule has 0 aliphatic carbocycles. The molecule has 2 rings (SSSR count). The topological polar surface area (TPSA) is 64.8 Å². The van der Waals surface area contributed by atoms with Gasteiger partial charge in [0.25, 0.3) is 0 Å². The maximum absolute atomic E-state index is 12.3. The third-order valence-corrected chi connectivity index (χ3v) is 3.14.